The number of carbonyl (C=O) groups excluding carboxylic acids is 1. The summed E-state index contributed by atoms with van der Waals surface area (Å²) in [5.74, 6) is 0.0645. The van der Waals surface area contributed by atoms with Gasteiger partial charge >= 0.3 is 0 Å². The Morgan fingerprint density at radius 2 is 2.27 bits per heavy atom. The maximum atomic E-state index is 12.5. The Labute approximate surface area is 134 Å². The number of amides is 1. The van der Waals surface area contributed by atoms with Crippen molar-refractivity contribution in [1.82, 2.24) is 10.2 Å². The molecule has 120 valence electrons. The second-order valence-electron chi connectivity index (χ2n) is 5.80. The Kier molecular flexibility index (Phi) is 5.37. The molecule has 2 atom stereocenters. The summed E-state index contributed by atoms with van der Waals surface area (Å²) in [6.07, 6.45) is 1.63. The number of nitro benzene ring substituents is 1. The molecule has 1 aliphatic heterocycles. The third-order valence-corrected chi connectivity index (χ3v) is 4.37. The molecule has 1 amide bonds. The Hall–Kier alpha value is -1.66. The Bertz CT molecular complexity index is 579. The number of hydrogen-bond acceptors (Lipinski definition) is 4. The number of benzene rings is 1. The van der Waals surface area contributed by atoms with Crippen LogP contribution in [0, 0.1) is 16.0 Å². The second kappa shape index (κ2) is 7.07. The topological polar surface area (TPSA) is 75.5 Å². The van der Waals surface area contributed by atoms with Gasteiger partial charge in [-0.05, 0) is 37.9 Å². The van der Waals surface area contributed by atoms with Crippen LogP contribution >= 0.6 is 11.6 Å². The lowest BCUT2D eigenvalue weighted by Gasteiger charge is -2.30. The third kappa shape index (κ3) is 3.96. The van der Waals surface area contributed by atoms with Gasteiger partial charge in [0.15, 0.2) is 0 Å². The van der Waals surface area contributed by atoms with Gasteiger partial charge in [0.2, 0.25) is 5.91 Å². The number of nitro groups is 1. The number of halogens is 1. The van der Waals surface area contributed by atoms with Gasteiger partial charge in [-0.1, -0.05) is 11.6 Å². The van der Waals surface area contributed by atoms with Gasteiger partial charge in [0, 0.05) is 42.7 Å². The highest BCUT2D eigenvalue weighted by atomic mass is 35.5. The number of nitrogens with one attached hydrogen (secondary N) is 1. The van der Waals surface area contributed by atoms with E-state index in [9.17, 15) is 14.9 Å². The minimum Gasteiger partial charge on any atom is -0.341 e. The zero-order valence-electron chi connectivity index (χ0n) is 12.7. The molecule has 0 aliphatic carbocycles. The molecule has 0 saturated carbocycles. The van der Waals surface area contributed by atoms with Crippen molar-refractivity contribution in [2.75, 3.05) is 13.6 Å². The van der Waals surface area contributed by atoms with E-state index in [0.717, 1.165) is 19.4 Å². The average Bonchev–Trinajstić information content (AvgIpc) is 2.48. The third-order valence-electron chi connectivity index (χ3n) is 4.00. The SMILES string of the molecule is C[C@H]1C[C@@H](C(=O)N(C)Cc2cc([N+](=O)[O-])ccc2Cl)CCN1. The summed E-state index contributed by atoms with van der Waals surface area (Å²) in [5, 5.41) is 14.6. The van der Waals surface area contributed by atoms with E-state index in [-0.39, 0.29) is 24.1 Å². The van der Waals surface area contributed by atoms with Crippen LogP contribution in [0.5, 0.6) is 0 Å². The lowest BCUT2D eigenvalue weighted by molar-refractivity contribution is -0.384. The van der Waals surface area contributed by atoms with E-state index in [4.69, 9.17) is 11.6 Å². The first-order valence-corrected chi connectivity index (χ1v) is 7.67. The highest BCUT2D eigenvalue weighted by molar-refractivity contribution is 6.31. The minimum atomic E-state index is -0.462. The monoisotopic (exact) mass is 325 g/mol. The number of non-ortho nitro benzene ring substituents is 1. The summed E-state index contributed by atoms with van der Waals surface area (Å²) in [6.45, 7) is 3.18. The molecule has 1 fully saturated rings. The number of piperidine rings is 1. The molecule has 1 aromatic carbocycles. The maximum absolute atomic E-state index is 12.5. The molecule has 0 spiro atoms. The quantitative estimate of drug-likeness (QED) is 0.682. The van der Waals surface area contributed by atoms with Crippen LogP contribution in [0.3, 0.4) is 0 Å². The molecule has 0 unspecified atom stereocenters. The van der Waals surface area contributed by atoms with Crippen molar-refractivity contribution in [3.8, 4) is 0 Å². The standard InChI is InChI=1S/C15H20ClN3O3/c1-10-7-11(5-6-17-10)15(20)18(2)9-12-8-13(19(21)22)3-4-14(12)16/h3-4,8,10-11,17H,5-7,9H2,1-2H3/t10-,11-/m0/s1. The summed E-state index contributed by atoms with van der Waals surface area (Å²) >= 11 is 6.09. The Balaban J connectivity index is 2.07. The van der Waals surface area contributed by atoms with Crippen LogP contribution in [0.1, 0.15) is 25.3 Å². The first-order chi connectivity index (χ1) is 10.4. The van der Waals surface area contributed by atoms with Crippen molar-refractivity contribution >= 4 is 23.2 Å². The fourth-order valence-corrected chi connectivity index (χ4v) is 2.97. The van der Waals surface area contributed by atoms with E-state index in [0.29, 0.717) is 16.6 Å². The zero-order valence-corrected chi connectivity index (χ0v) is 13.5. The van der Waals surface area contributed by atoms with Gasteiger partial charge in [0.25, 0.3) is 5.69 Å². The minimum absolute atomic E-state index is 0.00118. The number of nitrogens with zero attached hydrogens (tertiary/aromatic N) is 2. The van der Waals surface area contributed by atoms with Crippen molar-refractivity contribution < 1.29 is 9.72 Å². The zero-order chi connectivity index (χ0) is 16.3. The summed E-state index contributed by atoms with van der Waals surface area (Å²) in [4.78, 5) is 24.5. The van der Waals surface area contributed by atoms with Crippen LogP contribution in [0.25, 0.3) is 0 Å². The van der Waals surface area contributed by atoms with E-state index in [1.807, 2.05) is 0 Å². The van der Waals surface area contributed by atoms with E-state index in [1.165, 1.54) is 18.2 Å². The molecule has 1 aromatic rings. The lowest BCUT2D eigenvalue weighted by Crippen LogP contribution is -2.42. The van der Waals surface area contributed by atoms with Gasteiger partial charge in [0.05, 0.1) is 4.92 Å². The van der Waals surface area contributed by atoms with Crippen molar-refractivity contribution in [3.05, 3.63) is 38.9 Å². The molecular formula is C15H20ClN3O3. The number of rotatable bonds is 4. The van der Waals surface area contributed by atoms with E-state index in [2.05, 4.69) is 12.2 Å². The molecule has 6 nitrogen and oxygen atoms in total. The molecule has 2 rings (SSSR count). The van der Waals surface area contributed by atoms with Gasteiger partial charge in [-0.3, -0.25) is 14.9 Å². The second-order valence-corrected chi connectivity index (χ2v) is 6.21. The van der Waals surface area contributed by atoms with E-state index in [1.54, 1.807) is 11.9 Å². The molecule has 0 bridgehead atoms. The molecule has 7 heteroatoms. The largest absolute Gasteiger partial charge is 0.341 e. The molecule has 1 aliphatic rings. The first kappa shape index (κ1) is 16.7. The highest BCUT2D eigenvalue weighted by Crippen LogP contribution is 2.25. The van der Waals surface area contributed by atoms with Crippen molar-refractivity contribution in [1.29, 1.82) is 0 Å². The van der Waals surface area contributed by atoms with E-state index >= 15 is 0 Å². The number of hydrogen-bond donors (Lipinski definition) is 1. The molecule has 1 N–H and O–H groups in total. The van der Waals surface area contributed by atoms with Gasteiger partial charge in [-0.25, -0.2) is 0 Å². The van der Waals surface area contributed by atoms with Crippen LogP contribution in [0.15, 0.2) is 18.2 Å². The Morgan fingerprint density at radius 3 is 2.91 bits per heavy atom. The number of carbonyl (C=O) groups is 1. The van der Waals surface area contributed by atoms with Crippen molar-refractivity contribution in [2.24, 2.45) is 5.92 Å². The maximum Gasteiger partial charge on any atom is 0.269 e. The first-order valence-electron chi connectivity index (χ1n) is 7.29. The predicted molar refractivity (Wildman–Crippen MR) is 84.8 cm³/mol. The smallest absolute Gasteiger partial charge is 0.269 e. The molecule has 22 heavy (non-hydrogen) atoms. The van der Waals surface area contributed by atoms with Gasteiger partial charge < -0.3 is 10.2 Å². The van der Waals surface area contributed by atoms with Crippen LogP contribution in [-0.2, 0) is 11.3 Å². The highest BCUT2D eigenvalue weighted by Gasteiger charge is 2.27. The molecule has 0 radical (unpaired) electrons. The van der Waals surface area contributed by atoms with Gasteiger partial charge in [-0.2, -0.15) is 0 Å². The van der Waals surface area contributed by atoms with Crippen LogP contribution < -0.4 is 5.32 Å². The van der Waals surface area contributed by atoms with Crippen LogP contribution in [-0.4, -0.2) is 35.4 Å². The lowest BCUT2D eigenvalue weighted by atomic mass is 9.92. The average molecular weight is 326 g/mol. The molecule has 0 aromatic heterocycles. The molecule has 1 saturated heterocycles. The van der Waals surface area contributed by atoms with Crippen molar-refractivity contribution in [3.63, 3.8) is 0 Å². The predicted octanol–water partition coefficient (Wildman–Crippen LogP) is 2.59. The molecular weight excluding hydrogens is 306 g/mol. The normalized spacial score (nSPS) is 21.4. The summed E-state index contributed by atoms with van der Waals surface area (Å²) in [5.41, 5.74) is 0.574. The van der Waals surface area contributed by atoms with Gasteiger partial charge in [-0.15, -0.1) is 0 Å². The fraction of sp³-hybridized carbons (Fsp3) is 0.533. The summed E-state index contributed by atoms with van der Waals surface area (Å²) in [7, 11) is 1.71. The van der Waals surface area contributed by atoms with Crippen LogP contribution in [0.4, 0.5) is 5.69 Å². The van der Waals surface area contributed by atoms with Crippen molar-refractivity contribution in [2.45, 2.75) is 32.4 Å². The summed E-state index contributed by atoms with van der Waals surface area (Å²) < 4.78 is 0. The Morgan fingerprint density at radius 1 is 1.55 bits per heavy atom. The molecule has 1 heterocycles. The van der Waals surface area contributed by atoms with E-state index < -0.39 is 4.92 Å². The fourth-order valence-electron chi connectivity index (χ4n) is 2.80. The van der Waals surface area contributed by atoms with Crippen LogP contribution in [0.2, 0.25) is 5.02 Å². The van der Waals surface area contributed by atoms with Gasteiger partial charge in [0.1, 0.15) is 0 Å². The summed E-state index contributed by atoms with van der Waals surface area (Å²) in [6, 6.07) is 4.62.